The van der Waals surface area contributed by atoms with E-state index in [0.717, 1.165) is 52.2 Å². The van der Waals surface area contributed by atoms with Crippen molar-refractivity contribution in [3.05, 3.63) is 57.9 Å². The van der Waals surface area contributed by atoms with Crippen LogP contribution < -0.4 is 10.1 Å². The van der Waals surface area contributed by atoms with Crippen LogP contribution in [-0.4, -0.2) is 29.4 Å². The summed E-state index contributed by atoms with van der Waals surface area (Å²) >= 11 is 1.44. The third-order valence-electron chi connectivity index (χ3n) is 7.24. The number of rotatable bonds is 7. The molecule has 7 rings (SSSR count). The number of aryl methyl sites for hydroxylation is 3. The van der Waals surface area contributed by atoms with E-state index in [0.29, 0.717) is 29.8 Å². The predicted octanol–water partition coefficient (Wildman–Crippen LogP) is 5.44. The van der Waals surface area contributed by atoms with Crippen molar-refractivity contribution in [2.24, 2.45) is 5.41 Å². The average molecular weight is 509 g/mol. The number of hydrogen-bond acceptors (Lipinski definition) is 9. The Morgan fingerprint density at radius 1 is 1.14 bits per heavy atom. The molecule has 3 fully saturated rings. The summed E-state index contributed by atoms with van der Waals surface area (Å²) in [6, 6.07) is 10.4. The number of hydrogen-bond donors (Lipinski definition) is 1. The van der Waals surface area contributed by atoms with E-state index < -0.39 is 0 Å². The van der Waals surface area contributed by atoms with Crippen LogP contribution in [0.25, 0.3) is 17.2 Å². The normalized spacial score (nSPS) is 21.8. The lowest BCUT2D eigenvalue weighted by atomic mass is 9.40. The van der Waals surface area contributed by atoms with Crippen molar-refractivity contribution in [2.45, 2.75) is 52.1 Å². The average Bonchev–Trinajstić information content (AvgIpc) is 3.44. The fourth-order valence-corrected chi connectivity index (χ4v) is 6.23. The van der Waals surface area contributed by atoms with Crippen molar-refractivity contribution in [1.29, 1.82) is 10.5 Å². The Balaban J connectivity index is 1.43. The van der Waals surface area contributed by atoms with Crippen LogP contribution >= 0.6 is 11.5 Å². The molecule has 3 heterocycles. The van der Waals surface area contributed by atoms with Gasteiger partial charge in [0, 0.05) is 22.7 Å². The summed E-state index contributed by atoms with van der Waals surface area (Å²) in [5, 5.41) is 21.8. The Labute approximate surface area is 218 Å². The van der Waals surface area contributed by atoms with Gasteiger partial charge in [0.05, 0.1) is 24.1 Å². The summed E-state index contributed by atoms with van der Waals surface area (Å²) < 4.78 is 12.8. The molecule has 4 aromatic rings. The highest BCUT2D eigenvalue weighted by Crippen LogP contribution is 2.67. The molecule has 2 bridgehead atoms. The standard InChI is InChI=1S/C27H24N8OS/c1-16-9-19(5-4-7-28)10-17(2)22(16)36-24-21-23(31-18(3)35(21)11-20-6-8-30-37-20)32-25(33-24)34-27-12-26(13-27,14-27)15-29/h4-6,8-10H,11-14H2,1-3H3,(H,32,33,34)/b5-4+. The molecule has 0 radical (unpaired) electrons. The van der Waals surface area contributed by atoms with Gasteiger partial charge in [-0.15, -0.1) is 0 Å². The largest absolute Gasteiger partial charge is 0.436 e. The van der Waals surface area contributed by atoms with E-state index in [1.54, 1.807) is 12.3 Å². The molecule has 9 nitrogen and oxygen atoms in total. The summed E-state index contributed by atoms with van der Waals surface area (Å²) in [6.07, 6.45) is 7.45. The SMILES string of the molecule is Cc1cc(/C=C/C#N)cc(C)c1Oc1nc(NC23CC(C#N)(C2)C3)nc2nc(C)n(Cc3ccns3)c12. The van der Waals surface area contributed by atoms with Crippen molar-refractivity contribution in [3.63, 3.8) is 0 Å². The Kier molecular flexibility index (Phi) is 5.25. The summed E-state index contributed by atoms with van der Waals surface area (Å²) in [4.78, 5) is 15.4. The molecule has 3 saturated carbocycles. The second-order valence-electron chi connectivity index (χ2n) is 10.1. The molecular weight excluding hydrogens is 484 g/mol. The molecule has 0 saturated heterocycles. The number of aromatic nitrogens is 5. The molecule has 0 spiro atoms. The van der Waals surface area contributed by atoms with Gasteiger partial charge in [0.1, 0.15) is 11.6 Å². The van der Waals surface area contributed by atoms with Crippen molar-refractivity contribution >= 4 is 34.7 Å². The quantitative estimate of drug-likeness (QED) is 0.327. The van der Waals surface area contributed by atoms with Gasteiger partial charge < -0.3 is 14.6 Å². The number of benzene rings is 1. The van der Waals surface area contributed by atoms with Gasteiger partial charge in [-0.05, 0) is 92.5 Å². The van der Waals surface area contributed by atoms with E-state index in [-0.39, 0.29) is 11.0 Å². The highest BCUT2D eigenvalue weighted by molar-refractivity contribution is 7.05. The van der Waals surface area contributed by atoms with Crippen LogP contribution in [0.3, 0.4) is 0 Å². The number of fused-ring (bicyclic) bond motifs is 1. The lowest BCUT2D eigenvalue weighted by molar-refractivity contribution is -0.0665. The molecule has 0 atom stereocenters. The number of ether oxygens (including phenoxy) is 1. The Morgan fingerprint density at radius 2 is 1.89 bits per heavy atom. The van der Waals surface area contributed by atoms with Crippen LogP contribution in [0.15, 0.2) is 30.5 Å². The first-order valence-electron chi connectivity index (χ1n) is 12.0. The maximum Gasteiger partial charge on any atom is 0.250 e. The fraction of sp³-hybridized carbons (Fsp3) is 0.333. The van der Waals surface area contributed by atoms with E-state index in [1.165, 1.54) is 17.6 Å². The molecule has 1 N–H and O–H groups in total. The zero-order valence-corrected chi connectivity index (χ0v) is 21.6. The number of anilines is 1. The molecule has 0 aliphatic heterocycles. The van der Waals surface area contributed by atoms with Crippen LogP contribution in [0.4, 0.5) is 5.95 Å². The maximum absolute atomic E-state index is 9.41. The lowest BCUT2D eigenvalue weighted by Crippen LogP contribution is -2.70. The summed E-state index contributed by atoms with van der Waals surface area (Å²) in [6.45, 7) is 6.49. The number of nitrogens with one attached hydrogen (secondary N) is 1. The molecule has 3 aliphatic carbocycles. The fourth-order valence-electron chi connectivity index (χ4n) is 5.66. The first kappa shape index (κ1) is 23.1. The monoisotopic (exact) mass is 508 g/mol. The molecule has 184 valence electrons. The lowest BCUT2D eigenvalue weighted by Gasteiger charge is -2.66. The Morgan fingerprint density at radius 3 is 2.54 bits per heavy atom. The molecule has 0 unspecified atom stereocenters. The minimum atomic E-state index is -0.181. The minimum absolute atomic E-state index is 0.124. The molecule has 37 heavy (non-hydrogen) atoms. The first-order valence-corrected chi connectivity index (χ1v) is 12.8. The van der Waals surface area contributed by atoms with Crippen molar-refractivity contribution in [3.8, 4) is 23.8 Å². The van der Waals surface area contributed by atoms with Gasteiger partial charge in [-0.25, -0.2) is 9.36 Å². The number of nitrogens with zero attached hydrogens (tertiary/aromatic N) is 7. The van der Waals surface area contributed by atoms with Crippen molar-refractivity contribution in [2.75, 3.05) is 5.32 Å². The van der Waals surface area contributed by atoms with Gasteiger partial charge in [-0.3, -0.25) is 0 Å². The van der Waals surface area contributed by atoms with Gasteiger partial charge in [-0.1, -0.05) is 0 Å². The molecular formula is C27H24N8OS. The second kappa shape index (κ2) is 8.39. The first-order chi connectivity index (χ1) is 17.8. The molecule has 3 aliphatic rings. The predicted molar refractivity (Wildman–Crippen MR) is 140 cm³/mol. The van der Waals surface area contributed by atoms with Crippen molar-refractivity contribution in [1.82, 2.24) is 23.9 Å². The Bertz CT molecular complexity index is 1610. The highest BCUT2D eigenvalue weighted by atomic mass is 32.1. The van der Waals surface area contributed by atoms with Crippen molar-refractivity contribution < 1.29 is 4.74 Å². The minimum Gasteiger partial charge on any atom is -0.436 e. The third kappa shape index (κ3) is 3.90. The molecule has 3 aromatic heterocycles. The summed E-state index contributed by atoms with van der Waals surface area (Å²) in [7, 11) is 0. The summed E-state index contributed by atoms with van der Waals surface area (Å²) in [5.41, 5.74) is 3.76. The number of imidazole rings is 1. The van der Waals surface area contributed by atoms with E-state index in [9.17, 15) is 5.26 Å². The van der Waals surface area contributed by atoms with E-state index in [4.69, 9.17) is 25.0 Å². The number of allylic oxidation sites excluding steroid dienone is 1. The number of nitriles is 2. The van der Waals surface area contributed by atoms with Gasteiger partial charge in [0.15, 0.2) is 11.2 Å². The van der Waals surface area contributed by atoms with Gasteiger partial charge in [0.2, 0.25) is 5.95 Å². The van der Waals surface area contributed by atoms with Crippen LogP contribution in [0.2, 0.25) is 0 Å². The van der Waals surface area contributed by atoms with Gasteiger partial charge >= 0.3 is 0 Å². The third-order valence-corrected chi connectivity index (χ3v) is 7.97. The van der Waals surface area contributed by atoms with E-state index in [1.807, 2.05) is 45.0 Å². The topological polar surface area (TPSA) is 125 Å². The van der Waals surface area contributed by atoms with E-state index >= 15 is 0 Å². The Hall–Kier alpha value is -4.28. The van der Waals surface area contributed by atoms with Crippen LogP contribution in [-0.2, 0) is 6.54 Å². The molecule has 0 amide bonds. The zero-order valence-electron chi connectivity index (χ0n) is 20.7. The highest BCUT2D eigenvalue weighted by Gasteiger charge is 2.69. The van der Waals surface area contributed by atoms with Gasteiger partial charge in [0.25, 0.3) is 5.88 Å². The zero-order chi connectivity index (χ0) is 25.8. The van der Waals surface area contributed by atoms with Crippen LogP contribution in [0.1, 0.15) is 46.7 Å². The summed E-state index contributed by atoms with van der Waals surface area (Å²) in [5.74, 6) is 2.39. The smallest absolute Gasteiger partial charge is 0.250 e. The van der Waals surface area contributed by atoms with Crippen LogP contribution in [0, 0.1) is 48.8 Å². The van der Waals surface area contributed by atoms with Gasteiger partial charge in [-0.2, -0.15) is 20.5 Å². The maximum atomic E-state index is 9.41. The van der Waals surface area contributed by atoms with Crippen LogP contribution in [0.5, 0.6) is 11.6 Å². The second-order valence-corrected chi connectivity index (χ2v) is 11.0. The molecule has 1 aromatic carbocycles. The van der Waals surface area contributed by atoms with E-state index in [2.05, 4.69) is 20.3 Å². The molecule has 10 heteroatoms.